The zero-order chi connectivity index (χ0) is 16.4. The van der Waals surface area contributed by atoms with E-state index in [1.165, 1.54) is 22.9 Å². The first-order valence-corrected chi connectivity index (χ1v) is 8.40. The van der Waals surface area contributed by atoms with Crippen molar-refractivity contribution in [1.82, 2.24) is 9.97 Å². The molecule has 2 aromatic carbocycles. The van der Waals surface area contributed by atoms with Gasteiger partial charge in [0.25, 0.3) is 0 Å². The van der Waals surface area contributed by atoms with E-state index in [2.05, 4.69) is 22.2 Å². The molecule has 23 heavy (non-hydrogen) atoms. The van der Waals surface area contributed by atoms with E-state index < -0.39 is 0 Å². The van der Waals surface area contributed by atoms with Crippen LogP contribution in [0.25, 0.3) is 11.0 Å². The lowest BCUT2D eigenvalue weighted by Gasteiger charge is -2.11. The van der Waals surface area contributed by atoms with Crippen LogP contribution < -0.4 is 5.32 Å². The van der Waals surface area contributed by atoms with E-state index in [1.807, 2.05) is 56.3 Å². The summed E-state index contributed by atoms with van der Waals surface area (Å²) in [5.74, 6) is -0.0290. The lowest BCUT2D eigenvalue weighted by molar-refractivity contribution is -0.115. The molecule has 3 aromatic rings. The summed E-state index contributed by atoms with van der Waals surface area (Å²) in [5.41, 5.74) is 5.11. The maximum absolute atomic E-state index is 12.4. The van der Waals surface area contributed by atoms with Crippen LogP contribution in [0.3, 0.4) is 0 Å². The fraction of sp³-hybridized carbons (Fsp3) is 0.222. The molecule has 0 spiro atoms. The van der Waals surface area contributed by atoms with Crippen molar-refractivity contribution in [2.45, 2.75) is 31.2 Å². The maximum Gasteiger partial charge on any atom is 0.237 e. The summed E-state index contributed by atoms with van der Waals surface area (Å²) in [7, 11) is 0. The molecule has 1 aromatic heterocycles. The Bertz CT molecular complexity index is 823. The van der Waals surface area contributed by atoms with Crippen LogP contribution in [0.2, 0.25) is 0 Å². The van der Waals surface area contributed by atoms with Crippen molar-refractivity contribution in [2.24, 2.45) is 0 Å². The van der Waals surface area contributed by atoms with Gasteiger partial charge in [0.1, 0.15) is 0 Å². The number of carbonyl (C=O) groups is 1. The summed E-state index contributed by atoms with van der Waals surface area (Å²) < 4.78 is 0. The number of rotatable bonds is 4. The number of H-pyrrole nitrogens is 1. The number of thioether (sulfide) groups is 1. The van der Waals surface area contributed by atoms with Crippen molar-refractivity contribution in [1.29, 1.82) is 0 Å². The number of nitrogens with zero attached hydrogens (tertiary/aromatic N) is 1. The third-order valence-corrected chi connectivity index (χ3v) is 4.78. The second kappa shape index (κ2) is 6.46. The fourth-order valence-electron chi connectivity index (χ4n) is 2.27. The summed E-state index contributed by atoms with van der Waals surface area (Å²) in [6, 6.07) is 13.8. The Kier molecular flexibility index (Phi) is 4.39. The predicted octanol–water partition coefficient (Wildman–Crippen LogP) is 4.30. The van der Waals surface area contributed by atoms with Gasteiger partial charge in [-0.05, 0) is 56.2 Å². The van der Waals surface area contributed by atoms with Gasteiger partial charge in [-0.2, -0.15) is 0 Å². The number of nitrogens with one attached hydrogen (secondary N) is 2. The zero-order valence-electron chi connectivity index (χ0n) is 13.4. The molecule has 0 aliphatic heterocycles. The minimum Gasteiger partial charge on any atom is -0.333 e. The Hall–Kier alpha value is -2.27. The number of aromatic nitrogens is 2. The van der Waals surface area contributed by atoms with Gasteiger partial charge in [0, 0.05) is 5.69 Å². The molecule has 0 bridgehead atoms. The highest BCUT2D eigenvalue weighted by atomic mass is 32.2. The van der Waals surface area contributed by atoms with E-state index in [1.54, 1.807) is 0 Å². The Labute approximate surface area is 139 Å². The maximum atomic E-state index is 12.4. The van der Waals surface area contributed by atoms with Gasteiger partial charge in [-0.15, -0.1) is 0 Å². The molecule has 5 heteroatoms. The van der Waals surface area contributed by atoms with Gasteiger partial charge in [-0.25, -0.2) is 4.98 Å². The van der Waals surface area contributed by atoms with E-state index in [9.17, 15) is 4.79 Å². The largest absolute Gasteiger partial charge is 0.333 e. The number of hydrogen-bond acceptors (Lipinski definition) is 3. The number of imidazole rings is 1. The topological polar surface area (TPSA) is 57.8 Å². The minimum atomic E-state index is -0.239. The number of carbonyl (C=O) groups excluding carboxylic acids is 1. The highest BCUT2D eigenvalue weighted by Gasteiger charge is 2.17. The molecule has 0 aliphatic carbocycles. The summed E-state index contributed by atoms with van der Waals surface area (Å²) >= 11 is 1.43. The molecule has 0 fully saturated rings. The van der Waals surface area contributed by atoms with Crippen LogP contribution in [0.5, 0.6) is 0 Å². The SMILES string of the molecule is Cc1ccc(NC(=O)C(C)Sc2nc3ccccc3[nH]2)cc1C. The molecule has 118 valence electrons. The first kappa shape index (κ1) is 15.6. The molecular formula is C18H19N3OS. The van der Waals surface area contributed by atoms with E-state index in [0.29, 0.717) is 0 Å². The summed E-state index contributed by atoms with van der Waals surface area (Å²) in [6.07, 6.45) is 0. The molecule has 4 nitrogen and oxygen atoms in total. The van der Waals surface area contributed by atoms with Crippen molar-refractivity contribution in [2.75, 3.05) is 5.32 Å². The van der Waals surface area contributed by atoms with Crippen molar-refractivity contribution in [3.05, 3.63) is 53.6 Å². The van der Waals surface area contributed by atoms with Gasteiger partial charge in [-0.1, -0.05) is 30.0 Å². The van der Waals surface area contributed by atoms with E-state index in [-0.39, 0.29) is 11.2 Å². The number of aromatic amines is 1. The predicted molar refractivity (Wildman–Crippen MR) is 96.0 cm³/mol. The van der Waals surface area contributed by atoms with Crippen molar-refractivity contribution >= 4 is 34.4 Å². The van der Waals surface area contributed by atoms with E-state index in [0.717, 1.165) is 21.9 Å². The van der Waals surface area contributed by atoms with E-state index >= 15 is 0 Å². The third-order valence-electron chi connectivity index (χ3n) is 3.80. The lowest BCUT2D eigenvalue weighted by Crippen LogP contribution is -2.22. The molecule has 3 rings (SSSR count). The van der Waals surface area contributed by atoms with Crippen molar-refractivity contribution in [3.8, 4) is 0 Å². The molecule has 0 aliphatic rings. The Morgan fingerprint density at radius 1 is 1.17 bits per heavy atom. The van der Waals surface area contributed by atoms with Crippen molar-refractivity contribution < 1.29 is 4.79 Å². The number of amides is 1. The van der Waals surface area contributed by atoms with Crippen LogP contribution in [0, 0.1) is 13.8 Å². The Morgan fingerprint density at radius 2 is 1.96 bits per heavy atom. The molecule has 0 saturated heterocycles. The number of para-hydroxylation sites is 2. The lowest BCUT2D eigenvalue weighted by atomic mass is 10.1. The van der Waals surface area contributed by atoms with E-state index in [4.69, 9.17) is 0 Å². The summed E-state index contributed by atoms with van der Waals surface area (Å²) in [4.78, 5) is 20.1. The number of hydrogen-bond donors (Lipinski definition) is 2. The molecule has 1 atom stereocenters. The number of benzene rings is 2. The van der Waals surface area contributed by atoms with Gasteiger partial charge in [-0.3, -0.25) is 4.79 Å². The highest BCUT2D eigenvalue weighted by Crippen LogP contribution is 2.24. The van der Waals surface area contributed by atoms with Crippen LogP contribution in [-0.4, -0.2) is 21.1 Å². The third kappa shape index (κ3) is 3.56. The van der Waals surface area contributed by atoms with Gasteiger partial charge in [0.2, 0.25) is 5.91 Å². The van der Waals surface area contributed by atoms with Crippen LogP contribution in [0.15, 0.2) is 47.6 Å². The second-order valence-electron chi connectivity index (χ2n) is 5.61. The minimum absolute atomic E-state index is 0.0290. The van der Waals surface area contributed by atoms with Gasteiger partial charge >= 0.3 is 0 Å². The average Bonchev–Trinajstić information content (AvgIpc) is 2.93. The smallest absolute Gasteiger partial charge is 0.237 e. The molecule has 0 saturated carbocycles. The van der Waals surface area contributed by atoms with Gasteiger partial charge < -0.3 is 10.3 Å². The van der Waals surface area contributed by atoms with Crippen LogP contribution >= 0.6 is 11.8 Å². The van der Waals surface area contributed by atoms with Gasteiger partial charge in [0.05, 0.1) is 16.3 Å². The molecular weight excluding hydrogens is 306 g/mol. The van der Waals surface area contributed by atoms with Crippen LogP contribution in [-0.2, 0) is 4.79 Å². The molecule has 1 heterocycles. The number of fused-ring (bicyclic) bond motifs is 1. The summed E-state index contributed by atoms with van der Waals surface area (Å²) in [6.45, 7) is 5.98. The molecule has 1 amide bonds. The normalized spacial score (nSPS) is 12.3. The Balaban J connectivity index is 1.68. The zero-order valence-corrected chi connectivity index (χ0v) is 14.2. The van der Waals surface area contributed by atoms with Crippen molar-refractivity contribution in [3.63, 3.8) is 0 Å². The van der Waals surface area contributed by atoms with Crippen LogP contribution in [0.4, 0.5) is 5.69 Å². The molecule has 1 unspecified atom stereocenters. The van der Waals surface area contributed by atoms with Gasteiger partial charge in [0.15, 0.2) is 5.16 Å². The number of anilines is 1. The first-order chi connectivity index (χ1) is 11.0. The highest BCUT2D eigenvalue weighted by molar-refractivity contribution is 8.00. The Morgan fingerprint density at radius 3 is 2.70 bits per heavy atom. The number of aryl methyl sites for hydroxylation is 2. The fourth-order valence-corrected chi connectivity index (χ4v) is 3.09. The molecule has 2 N–H and O–H groups in total. The second-order valence-corrected chi connectivity index (χ2v) is 6.94. The standard InChI is InChI=1S/C18H19N3OS/c1-11-8-9-14(10-12(11)2)19-17(22)13(3)23-18-20-15-6-4-5-7-16(15)21-18/h4-10,13H,1-3H3,(H,19,22)(H,20,21). The summed E-state index contributed by atoms with van der Waals surface area (Å²) in [5, 5.41) is 3.48. The first-order valence-electron chi connectivity index (χ1n) is 7.52. The average molecular weight is 325 g/mol. The monoisotopic (exact) mass is 325 g/mol. The van der Waals surface area contributed by atoms with Crippen LogP contribution in [0.1, 0.15) is 18.1 Å². The molecule has 0 radical (unpaired) electrons. The quantitative estimate of drug-likeness (QED) is 0.703.